The first-order valence-corrected chi connectivity index (χ1v) is 31.7. The number of allylic oxidation sites excluding steroid dienone is 16. The molecule has 6 nitrogen and oxygen atoms in total. The molecule has 0 heterocycles. The van der Waals surface area contributed by atoms with Gasteiger partial charge in [-0.25, -0.2) is 0 Å². The molecule has 0 aliphatic heterocycles. The van der Waals surface area contributed by atoms with Crippen molar-refractivity contribution in [3.05, 3.63) is 97.2 Å². The maximum atomic E-state index is 12.9. The average molecular weight is 1040 g/mol. The summed E-state index contributed by atoms with van der Waals surface area (Å²) in [7, 11) is 0. The fourth-order valence-corrected chi connectivity index (χ4v) is 8.79. The van der Waals surface area contributed by atoms with Crippen molar-refractivity contribution in [3.8, 4) is 0 Å². The lowest BCUT2D eigenvalue weighted by molar-refractivity contribution is -0.166. The summed E-state index contributed by atoms with van der Waals surface area (Å²) in [5, 5.41) is 0. The number of hydrogen-bond acceptors (Lipinski definition) is 6. The number of carbonyl (C=O) groups is 3. The molecule has 430 valence electrons. The van der Waals surface area contributed by atoms with Gasteiger partial charge in [0.1, 0.15) is 13.2 Å². The van der Waals surface area contributed by atoms with Gasteiger partial charge in [0, 0.05) is 19.3 Å². The Morgan fingerprint density at radius 3 is 0.827 bits per heavy atom. The highest BCUT2D eigenvalue weighted by Crippen LogP contribution is 2.16. The Balaban J connectivity index is 4.49. The van der Waals surface area contributed by atoms with Crippen LogP contribution in [0.1, 0.15) is 303 Å². The Labute approximate surface area is 464 Å². The number of unbranched alkanes of at least 4 members (excludes halogenated alkanes) is 30. The number of carbonyl (C=O) groups excluding carboxylic acids is 3. The van der Waals surface area contributed by atoms with Crippen LogP contribution < -0.4 is 0 Å². The van der Waals surface area contributed by atoms with Crippen LogP contribution in [0.4, 0.5) is 0 Å². The van der Waals surface area contributed by atoms with Crippen LogP contribution >= 0.6 is 0 Å². The van der Waals surface area contributed by atoms with Crippen LogP contribution in [0.5, 0.6) is 0 Å². The lowest BCUT2D eigenvalue weighted by atomic mass is 10.0. The molecule has 75 heavy (non-hydrogen) atoms. The third-order valence-electron chi connectivity index (χ3n) is 13.6. The van der Waals surface area contributed by atoms with Gasteiger partial charge in [-0.05, 0) is 96.3 Å². The van der Waals surface area contributed by atoms with E-state index in [0.29, 0.717) is 19.3 Å². The van der Waals surface area contributed by atoms with E-state index in [1.54, 1.807) is 0 Å². The largest absolute Gasteiger partial charge is 0.462 e. The molecule has 0 rings (SSSR count). The Morgan fingerprint density at radius 1 is 0.267 bits per heavy atom. The third kappa shape index (κ3) is 61.1. The van der Waals surface area contributed by atoms with Gasteiger partial charge in [-0.3, -0.25) is 14.4 Å². The van der Waals surface area contributed by atoms with E-state index in [2.05, 4.69) is 112 Å². The van der Waals surface area contributed by atoms with Gasteiger partial charge in [-0.2, -0.15) is 0 Å². The first-order chi connectivity index (χ1) is 37.0. The number of rotatable bonds is 57. The zero-order valence-corrected chi connectivity index (χ0v) is 49.3. The van der Waals surface area contributed by atoms with E-state index >= 15 is 0 Å². The Kier molecular flexibility index (Phi) is 59.8. The monoisotopic (exact) mass is 1040 g/mol. The molecule has 6 heteroatoms. The summed E-state index contributed by atoms with van der Waals surface area (Å²) in [4.78, 5) is 38.3. The van der Waals surface area contributed by atoms with Gasteiger partial charge in [0.15, 0.2) is 6.10 Å². The molecule has 0 spiro atoms. The van der Waals surface area contributed by atoms with E-state index in [0.717, 1.165) is 89.9 Å². The van der Waals surface area contributed by atoms with Crippen molar-refractivity contribution in [2.45, 2.75) is 309 Å². The van der Waals surface area contributed by atoms with Crippen LogP contribution in [-0.4, -0.2) is 37.2 Å². The van der Waals surface area contributed by atoms with Crippen LogP contribution in [0.2, 0.25) is 0 Å². The highest BCUT2D eigenvalue weighted by molar-refractivity contribution is 5.71. The van der Waals surface area contributed by atoms with Crippen molar-refractivity contribution < 1.29 is 28.6 Å². The van der Waals surface area contributed by atoms with E-state index in [-0.39, 0.29) is 31.6 Å². The zero-order valence-electron chi connectivity index (χ0n) is 49.3. The Morgan fingerprint density at radius 2 is 0.507 bits per heavy atom. The quantitative estimate of drug-likeness (QED) is 0.0261. The Bertz CT molecular complexity index is 1480. The standard InChI is InChI=1S/C69H118O6/c1-4-7-10-13-16-19-22-25-28-31-33-34-36-38-41-44-47-50-53-56-59-62-68(71)74-65-66(64-73-67(70)61-58-55-52-49-46-43-40-37-30-27-24-21-18-15-12-9-6-3)75-69(72)63-60-57-54-51-48-45-42-39-35-32-29-26-23-20-17-14-11-8-5-2/h17-18,20-21,26-27,29-30,35,39-40,43,45,48,54,57,66H,4-16,19,22-25,28,31-34,36-38,41-42,44,46-47,49-53,55-56,58-65H2,1-3H3/b20-17-,21-18-,29-26-,30-27-,39-35-,43-40-,48-45-,57-54-/t66-/m1/s1. The Hall–Kier alpha value is -3.67. The van der Waals surface area contributed by atoms with Crippen LogP contribution in [0.15, 0.2) is 97.2 Å². The molecule has 0 saturated heterocycles. The van der Waals surface area contributed by atoms with E-state index in [4.69, 9.17) is 14.2 Å². The zero-order chi connectivity index (χ0) is 54.3. The molecular formula is C69H118O6. The molecule has 0 fully saturated rings. The first-order valence-electron chi connectivity index (χ1n) is 31.7. The van der Waals surface area contributed by atoms with E-state index < -0.39 is 12.1 Å². The smallest absolute Gasteiger partial charge is 0.306 e. The van der Waals surface area contributed by atoms with E-state index in [9.17, 15) is 14.4 Å². The predicted molar refractivity (Wildman–Crippen MR) is 325 cm³/mol. The molecule has 0 aromatic rings. The van der Waals surface area contributed by atoms with Gasteiger partial charge < -0.3 is 14.2 Å². The number of ether oxygens (including phenoxy) is 3. The van der Waals surface area contributed by atoms with Crippen LogP contribution in [0, 0.1) is 0 Å². The predicted octanol–water partition coefficient (Wildman–Crippen LogP) is 21.7. The summed E-state index contributed by atoms with van der Waals surface area (Å²) in [6.45, 7) is 6.53. The number of esters is 3. The third-order valence-corrected chi connectivity index (χ3v) is 13.6. The second-order valence-electron chi connectivity index (χ2n) is 21.0. The topological polar surface area (TPSA) is 78.9 Å². The minimum absolute atomic E-state index is 0.113. The first kappa shape index (κ1) is 71.3. The van der Waals surface area contributed by atoms with Crippen molar-refractivity contribution in [1.29, 1.82) is 0 Å². The van der Waals surface area contributed by atoms with Crippen molar-refractivity contribution in [3.63, 3.8) is 0 Å². The summed E-state index contributed by atoms with van der Waals surface area (Å²) in [5.41, 5.74) is 0. The maximum absolute atomic E-state index is 12.9. The number of hydrogen-bond donors (Lipinski definition) is 0. The van der Waals surface area contributed by atoms with Crippen molar-refractivity contribution in [2.75, 3.05) is 13.2 Å². The van der Waals surface area contributed by atoms with Crippen molar-refractivity contribution in [2.24, 2.45) is 0 Å². The van der Waals surface area contributed by atoms with Gasteiger partial charge >= 0.3 is 17.9 Å². The molecular weight excluding hydrogens is 925 g/mol. The molecule has 0 aromatic carbocycles. The highest BCUT2D eigenvalue weighted by atomic mass is 16.6. The average Bonchev–Trinajstić information content (AvgIpc) is 3.41. The lowest BCUT2D eigenvalue weighted by Crippen LogP contribution is -2.30. The molecule has 0 aromatic heterocycles. The molecule has 0 aliphatic carbocycles. The van der Waals surface area contributed by atoms with E-state index in [1.807, 2.05) is 6.08 Å². The highest BCUT2D eigenvalue weighted by Gasteiger charge is 2.19. The second kappa shape index (κ2) is 62.9. The maximum Gasteiger partial charge on any atom is 0.306 e. The van der Waals surface area contributed by atoms with Crippen LogP contribution in [0.25, 0.3) is 0 Å². The summed E-state index contributed by atoms with van der Waals surface area (Å²) in [5.74, 6) is -1.01. The minimum atomic E-state index is -0.827. The molecule has 0 N–H and O–H groups in total. The van der Waals surface area contributed by atoms with Gasteiger partial charge in [-0.1, -0.05) is 285 Å². The second-order valence-corrected chi connectivity index (χ2v) is 21.0. The molecule has 1 atom stereocenters. The summed E-state index contributed by atoms with van der Waals surface area (Å²) < 4.78 is 16.8. The fraction of sp³-hybridized carbons (Fsp3) is 0.725. The minimum Gasteiger partial charge on any atom is -0.462 e. The molecule has 0 aliphatic rings. The lowest BCUT2D eigenvalue weighted by Gasteiger charge is -2.18. The van der Waals surface area contributed by atoms with Crippen LogP contribution in [0.3, 0.4) is 0 Å². The SMILES string of the molecule is CCCCC/C=C\C/C=C\C/C=C\C/C=C\C/C=C\CCC(=O)O[C@H](COC(=O)CCCCCC/C=C\C/C=C\C/C=C\CCCCC)COC(=O)CCCCCCCCCCCCCCCCCCCCCCC. The van der Waals surface area contributed by atoms with Gasteiger partial charge in [-0.15, -0.1) is 0 Å². The summed E-state index contributed by atoms with van der Waals surface area (Å²) in [6, 6.07) is 0. The normalized spacial score (nSPS) is 12.7. The molecule has 0 saturated carbocycles. The van der Waals surface area contributed by atoms with Gasteiger partial charge in [0.25, 0.3) is 0 Å². The summed E-state index contributed by atoms with van der Waals surface area (Å²) in [6.07, 6.45) is 84.2. The molecule has 0 amide bonds. The van der Waals surface area contributed by atoms with Gasteiger partial charge in [0.2, 0.25) is 0 Å². The van der Waals surface area contributed by atoms with Crippen molar-refractivity contribution >= 4 is 17.9 Å². The molecule has 0 unspecified atom stereocenters. The molecule has 0 bridgehead atoms. The van der Waals surface area contributed by atoms with E-state index in [1.165, 1.54) is 167 Å². The molecule has 0 radical (unpaired) electrons. The van der Waals surface area contributed by atoms with Crippen molar-refractivity contribution in [1.82, 2.24) is 0 Å². The summed E-state index contributed by atoms with van der Waals surface area (Å²) >= 11 is 0. The van der Waals surface area contributed by atoms with Gasteiger partial charge in [0.05, 0.1) is 0 Å². The fourth-order valence-electron chi connectivity index (χ4n) is 8.79. The van der Waals surface area contributed by atoms with Crippen LogP contribution in [-0.2, 0) is 28.6 Å².